The molecule has 1 amide bonds. The Morgan fingerprint density at radius 3 is 2.12 bits per heavy atom. The molecule has 122 valence electrons. The van der Waals surface area contributed by atoms with Crippen LogP contribution >= 0.6 is 0 Å². The number of halogens is 3. The molecule has 0 saturated carbocycles. The Bertz CT molecular complexity index is 941. The van der Waals surface area contributed by atoms with Crippen molar-refractivity contribution in [1.82, 2.24) is 4.57 Å². The summed E-state index contributed by atoms with van der Waals surface area (Å²) in [7, 11) is 0. The first kappa shape index (κ1) is 15.8. The molecule has 0 aliphatic carbocycles. The summed E-state index contributed by atoms with van der Waals surface area (Å²) in [6.07, 6.45) is -2.96. The number of benzene rings is 2. The van der Waals surface area contributed by atoms with Crippen molar-refractivity contribution in [2.24, 2.45) is 5.73 Å². The molecule has 0 atom stereocenters. The van der Waals surface area contributed by atoms with Crippen LogP contribution in [0.4, 0.5) is 13.2 Å². The van der Waals surface area contributed by atoms with Gasteiger partial charge in [-0.15, -0.1) is 0 Å². The molecule has 2 aromatic carbocycles. The van der Waals surface area contributed by atoms with Gasteiger partial charge in [0.05, 0.1) is 11.1 Å². The van der Waals surface area contributed by atoms with Gasteiger partial charge in [0.1, 0.15) is 0 Å². The largest absolute Gasteiger partial charge is 0.416 e. The van der Waals surface area contributed by atoms with E-state index in [9.17, 15) is 22.8 Å². The minimum atomic E-state index is -4.45. The number of nitrogens with two attached hydrogens (primary N) is 1. The maximum atomic E-state index is 12.6. The fourth-order valence-corrected chi connectivity index (χ4v) is 2.41. The van der Waals surface area contributed by atoms with Crippen molar-refractivity contribution in [1.29, 1.82) is 0 Å². The van der Waals surface area contributed by atoms with Crippen molar-refractivity contribution in [3.05, 3.63) is 71.4 Å². The van der Waals surface area contributed by atoms with E-state index in [1.165, 1.54) is 16.8 Å². The highest BCUT2D eigenvalue weighted by Crippen LogP contribution is 2.29. The SMILES string of the molecule is NC(=O)c1ccc2c(ccn2C(=O)c2ccc(C(F)(F)F)cc2)c1. The molecule has 7 heteroatoms. The van der Waals surface area contributed by atoms with Crippen molar-refractivity contribution >= 4 is 22.7 Å². The van der Waals surface area contributed by atoms with Crippen LogP contribution in [0.1, 0.15) is 26.3 Å². The molecule has 0 bridgehead atoms. The van der Waals surface area contributed by atoms with Crippen LogP contribution in [0.2, 0.25) is 0 Å². The number of carbonyl (C=O) groups is 2. The lowest BCUT2D eigenvalue weighted by Gasteiger charge is -2.08. The minimum absolute atomic E-state index is 0.125. The molecule has 3 aromatic rings. The third kappa shape index (κ3) is 2.76. The minimum Gasteiger partial charge on any atom is -0.366 e. The van der Waals surface area contributed by atoms with E-state index in [1.807, 2.05) is 0 Å². The number of nitrogens with zero attached hydrogens (tertiary/aromatic N) is 1. The number of hydrogen-bond donors (Lipinski definition) is 1. The number of alkyl halides is 3. The van der Waals surface area contributed by atoms with Gasteiger partial charge >= 0.3 is 6.18 Å². The Hall–Kier alpha value is -3.09. The number of fused-ring (bicyclic) bond motifs is 1. The van der Waals surface area contributed by atoms with Crippen LogP contribution in [-0.4, -0.2) is 16.4 Å². The van der Waals surface area contributed by atoms with E-state index in [4.69, 9.17) is 5.73 Å². The van der Waals surface area contributed by atoms with Gasteiger partial charge in [0, 0.05) is 22.7 Å². The molecule has 0 spiro atoms. The van der Waals surface area contributed by atoms with E-state index < -0.39 is 23.6 Å². The number of hydrogen-bond acceptors (Lipinski definition) is 2. The van der Waals surface area contributed by atoms with Crippen LogP contribution < -0.4 is 5.73 Å². The predicted octanol–water partition coefficient (Wildman–Crippen LogP) is 3.45. The third-order valence-electron chi connectivity index (χ3n) is 3.65. The first-order valence-electron chi connectivity index (χ1n) is 6.90. The molecule has 3 rings (SSSR count). The van der Waals surface area contributed by atoms with E-state index >= 15 is 0 Å². The van der Waals surface area contributed by atoms with E-state index in [0.29, 0.717) is 16.5 Å². The lowest BCUT2D eigenvalue weighted by atomic mass is 10.1. The number of amides is 1. The average molecular weight is 332 g/mol. The van der Waals surface area contributed by atoms with E-state index in [0.717, 1.165) is 24.3 Å². The molecule has 1 aromatic heterocycles. The van der Waals surface area contributed by atoms with Crippen LogP contribution in [0, 0.1) is 0 Å². The van der Waals surface area contributed by atoms with Gasteiger partial charge in [0.2, 0.25) is 5.91 Å². The highest BCUT2D eigenvalue weighted by Gasteiger charge is 2.30. The van der Waals surface area contributed by atoms with Crippen molar-refractivity contribution in [2.75, 3.05) is 0 Å². The number of aromatic nitrogens is 1. The maximum absolute atomic E-state index is 12.6. The zero-order valence-corrected chi connectivity index (χ0v) is 12.2. The lowest BCUT2D eigenvalue weighted by Crippen LogP contribution is -2.12. The maximum Gasteiger partial charge on any atom is 0.416 e. The van der Waals surface area contributed by atoms with Crippen LogP contribution in [0.15, 0.2) is 54.7 Å². The van der Waals surface area contributed by atoms with Gasteiger partial charge < -0.3 is 5.73 Å². The Morgan fingerprint density at radius 2 is 1.54 bits per heavy atom. The fraction of sp³-hybridized carbons (Fsp3) is 0.0588. The van der Waals surface area contributed by atoms with Gasteiger partial charge in [-0.2, -0.15) is 13.2 Å². The van der Waals surface area contributed by atoms with Gasteiger partial charge in [0.15, 0.2) is 0 Å². The standard InChI is InChI=1S/C17H11F3N2O2/c18-17(19,20)13-4-1-10(2-5-13)16(24)22-8-7-11-9-12(15(21)23)3-6-14(11)22/h1-9H,(H2,21,23). The van der Waals surface area contributed by atoms with Crippen molar-refractivity contribution in [2.45, 2.75) is 6.18 Å². The molecule has 4 nitrogen and oxygen atoms in total. The van der Waals surface area contributed by atoms with Crippen molar-refractivity contribution in [3.63, 3.8) is 0 Å². The first-order valence-corrected chi connectivity index (χ1v) is 6.90. The molecule has 0 saturated heterocycles. The van der Waals surface area contributed by atoms with Crippen molar-refractivity contribution in [3.8, 4) is 0 Å². The normalized spacial score (nSPS) is 11.6. The molecule has 0 aliphatic rings. The predicted molar refractivity (Wildman–Crippen MR) is 81.6 cm³/mol. The van der Waals surface area contributed by atoms with Gasteiger partial charge in [-0.3, -0.25) is 14.2 Å². The molecule has 0 radical (unpaired) electrons. The fourth-order valence-electron chi connectivity index (χ4n) is 2.41. The molecular weight excluding hydrogens is 321 g/mol. The van der Waals surface area contributed by atoms with Crippen LogP contribution in [0.3, 0.4) is 0 Å². The van der Waals surface area contributed by atoms with E-state index in [1.54, 1.807) is 18.2 Å². The second kappa shape index (κ2) is 5.52. The molecule has 1 heterocycles. The monoisotopic (exact) mass is 332 g/mol. The van der Waals surface area contributed by atoms with Gasteiger partial charge in [-0.1, -0.05) is 0 Å². The summed E-state index contributed by atoms with van der Waals surface area (Å²) in [4.78, 5) is 23.7. The summed E-state index contributed by atoms with van der Waals surface area (Å²) in [5, 5.41) is 0.631. The number of primary amides is 1. The highest BCUT2D eigenvalue weighted by atomic mass is 19.4. The molecule has 24 heavy (non-hydrogen) atoms. The van der Waals surface area contributed by atoms with Gasteiger partial charge in [-0.05, 0) is 48.5 Å². The number of rotatable bonds is 2. The summed E-state index contributed by atoms with van der Waals surface area (Å²) in [5.41, 5.74) is 5.35. The average Bonchev–Trinajstić information content (AvgIpc) is 2.96. The third-order valence-corrected chi connectivity index (χ3v) is 3.65. The van der Waals surface area contributed by atoms with E-state index in [-0.39, 0.29) is 5.56 Å². The summed E-state index contributed by atoms with van der Waals surface area (Å²) < 4.78 is 39.0. The number of carbonyl (C=O) groups excluding carboxylic acids is 2. The van der Waals surface area contributed by atoms with E-state index in [2.05, 4.69) is 0 Å². The lowest BCUT2D eigenvalue weighted by molar-refractivity contribution is -0.137. The molecule has 0 unspecified atom stereocenters. The van der Waals surface area contributed by atoms with Crippen LogP contribution in [0.25, 0.3) is 10.9 Å². The first-order chi connectivity index (χ1) is 11.3. The molecular formula is C17H11F3N2O2. The summed E-state index contributed by atoms with van der Waals surface area (Å²) >= 11 is 0. The summed E-state index contributed by atoms with van der Waals surface area (Å²) in [5.74, 6) is -1.05. The molecule has 2 N–H and O–H groups in total. The summed E-state index contributed by atoms with van der Waals surface area (Å²) in [6, 6.07) is 10.2. The molecule has 0 fully saturated rings. The topological polar surface area (TPSA) is 65.1 Å². The van der Waals surface area contributed by atoms with Gasteiger partial charge in [0.25, 0.3) is 5.91 Å². The molecule has 0 aliphatic heterocycles. The smallest absolute Gasteiger partial charge is 0.366 e. The second-order valence-electron chi connectivity index (χ2n) is 5.20. The van der Waals surface area contributed by atoms with Crippen LogP contribution in [0.5, 0.6) is 0 Å². The zero-order valence-electron chi connectivity index (χ0n) is 12.2. The Morgan fingerprint density at radius 1 is 0.917 bits per heavy atom. The second-order valence-corrected chi connectivity index (χ2v) is 5.20. The quantitative estimate of drug-likeness (QED) is 0.781. The highest BCUT2D eigenvalue weighted by molar-refractivity contribution is 6.04. The summed E-state index contributed by atoms with van der Waals surface area (Å²) in [6.45, 7) is 0. The Labute approximate surface area is 134 Å². The zero-order chi connectivity index (χ0) is 17.5. The van der Waals surface area contributed by atoms with Crippen LogP contribution in [-0.2, 0) is 6.18 Å². The Kier molecular flexibility index (Phi) is 3.63. The Balaban J connectivity index is 1.98. The van der Waals surface area contributed by atoms with Gasteiger partial charge in [-0.25, -0.2) is 0 Å². The van der Waals surface area contributed by atoms with Crippen molar-refractivity contribution < 1.29 is 22.8 Å².